The molecule has 0 spiro atoms. The van der Waals surface area contributed by atoms with E-state index in [1.165, 1.54) is 10.7 Å². The van der Waals surface area contributed by atoms with Crippen molar-refractivity contribution >= 4 is 23.4 Å². The van der Waals surface area contributed by atoms with Gasteiger partial charge < -0.3 is 5.32 Å². The van der Waals surface area contributed by atoms with Gasteiger partial charge in [0.25, 0.3) is 0 Å². The van der Waals surface area contributed by atoms with E-state index in [9.17, 15) is 18.4 Å². The number of benzene rings is 2. The largest absolute Gasteiger partial charge is 0.442 e. The lowest BCUT2D eigenvalue weighted by atomic mass is 10.3. The number of nitrogens with zero attached hydrogens (tertiary/aromatic N) is 1. The molecular weight excluding hydrogens is 352 g/mol. The van der Waals surface area contributed by atoms with Crippen molar-refractivity contribution < 1.29 is 22.8 Å². The van der Waals surface area contributed by atoms with Crippen LogP contribution in [0.5, 0.6) is 0 Å². The molecule has 0 saturated heterocycles. The van der Waals surface area contributed by atoms with Crippen LogP contribution < -0.4 is 15.6 Å². The molecular formula is C16H12F2N3O3S+. The smallest absolute Gasteiger partial charge is 0.325 e. The Morgan fingerprint density at radius 1 is 1.16 bits per heavy atom. The van der Waals surface area contributed by atoms with Gasteiger partial charge in [-0.2, -0.15) is 0 Å². The molecule has 9 heteroatoms. The highest BCUT2D eigenvalue weighted by Crippen LogP contribution is 2.15. The molecule has 128 valence electrons. The van der Waals surface area contributed by atoms with Crippen LogP contribution in [0, 0.1) is 11.6 Å². The molecule has 1 aromatic heterocycles. The second kappa shape index (κ2) is 7.31. The molecule has 1 amide bonds. The molecule has 2 aromatic carbocycles. The van der Waals surface area contributed by atoms with E-state index >= 15 is 0 Å². The standard InChI is InChI=1S/C16H11F2N3O3S/c17-12-7-6-10(8-13(12)18)19-14(22)9-25-15-16(23)24-20-21(15)11-4-2-1-3-5-11/h1-8H,9H2,(H-,19,20,22,23)/p+1. The van der Waals surface area contributed by atoms with E-state index in [2.05, 4.69) is 10.6 Å². The number of halogens is 2. The maximum atomic E-state index is 13.1. The van der Waals surface area contributed by atoms with Gasteiger partial charge >= 0.3 is 10.7 Å². The number of para-hydroxylation sites is 1. The third kappa shape index (κ3) is 3.94. The molecule has 0 aliphatic rings. The molecule has 6 nitrogen and oxygen atoms in total. The fourth-order valence-corrected chi connectivity index (χ4v) is 2.81. The van der Waals surface area contributed by atoms with E-state index in [-0.39, 0.29) is 16.5 Å². The molecule has 3 aromatic rings. The van der Waals surface area contributed by atoms with Crippen molar-refractivity contribution in [2.24, 2.45) is 0 Å². The van der Waals surface area contributed by atoms with Crippen LogP contribution >= 0.6 is 11.8 Å². The Morgan fingerprint density at radius 3 is 2.64 bits per heavy atom. The van der Waals surface area contributed by atoms with E-state index in [0.29, 0.717) is 5.69 Å². The van der Waals surface area contributed by atoms with Crippen molar-refractivity contribution in [2.75, 3.05) is 11.1 Å². The van der Waals surface area contributed by atoms with E-state index in [0.717, 1.165) is 23.9 Å². The SMILES string of the molecule is O=C(CSc1c(=O)o[nH][n+]1-c1ccccc1)Nc1ccc(F)c(F)c1. The number of anilines is 1. The molecule has 1 heterocycles. The summed E-state index contributed by atoms with van der Waals surface area (Å²) in [6, 6.07) is 12.0. The first-order valence-electron chi connectivity index (χ1n) is 7.11. The van der Waals surface area contributed by atoms with Crippen LogP contribution in [0.4, 0.5) is 14.5 Å². The number of amides is 1. The monoisotopic (exact) mass is 364 g/mol. The lowest BCUT2D eigenvalue weighted by molar-refractivity contribution is -0.704. The summed E-state index contributed by atoms with van der Waals surface area (Å²) in [5.41, 5.74) is 0.174. The Morgan fingerprint density at radius 2 is 1.92 bits per heavy atom. The van der Waals surface area contributed by atoms with Crippen molar-refractivity contribution in [3.63, 3.8) is 0 Å². The third-order valence-corrected chi connectivity index (χ3v) is 4.19. The zero-order chi connectivity index (χ0) is 17.8. The van der Waals surface area contributed by atoms with Crippen molar-refractivity contribution in [1.29, 1.82) is 0 Å². The average Bonchev–Trinajstić information content (AvgIpc) is 2.98. The topological polar surface area (TPSA) is 79.0 Å². The molecule has 0 radical (unpaired) electrons. The van der Waals surface area contributed by atoms with Gasteiger partial charge in [-0.25, -0.2) is 13.6 Å². The van der Waals surface area contributed by atoms with Crippen LogP contribution in [0.3, 0.4) is 0 Å². The first kappa shape index (κ1) is 16.9. The number of rotatable bonds is 5. The van der Waals surface area contributed by atoms with Gasteiger partial charge in [0.15, 0.2) is 11.6 Å². The molecule has 0 aliphatic heterocycles. The van der Waals surface area contributed by atoms with Crippen LogP contribution in [-0.4, -0.2) is 16.9 Å². The predicted octanol–water partition coefficient (Wildman–Crippen LogP) is 2.25. The number of H-pyrrole nitrogens is 1. The minimum absolute atomic E-state index is 0.117. The predicted molar refractivity (Wildman–Crippen MR) is 86.6 cm³/mol. The highest BCUT2D eigenvalue weighted by Gasteiger charge is 2.24. The van der Waals surface area contributed by atoms with E-state index in [4.69, 9.17) is 4.52 Å². The second-order valence-electron chi connectivity index (χ2n) is 4.92. The third-order valence-electron chi connectivity index (χ3n) is 3.17. The number of carbonyl (C=O) groups excluding carboxylic acids is 1. The van der Waals surface area contributed by atoms with Gasteiger partial charge in [-0.1, -0.05) is 18.2 Å². The molecule has 0 fully saturated rings. The highest BCUT2D eigenvalue weighted by molar-refractivity contribution is 7.99. The van der Waals surface area contributed by atoms with Crippen molar-refractivity contribution in [3.8, 4) is 5.69 Å². The quantitative estimate of drug-likeness (QED) is 0.538. The van der Waals surface area contributed by atoms with Crippen LogP contribution in [0.2, 0.25) is 0 Å². The number of hydrogen-bond acceptors (Lipinski definition) is 4. The zero-order valence-electron chi connectivity index (χ0n) is 12.7. The Balaban J connectivity index is 1.69. The molecule has 0 saturated carbocycles. The number of hydrogen-bond donors (Lipinski definition) is 2. The van der Waals surface area contributed by atoms with Crippen molar-refractivity contribution in [2.45, 2.75) is 5.03 Å². The summed E-state index contributed by atoms with van der Waals surface area (Å²) in [6.45, 7) is 0. The van der Waals surface area contributed by atoms with Gasteiger partial charge in [0.1, 0.15) is 0 Å². The van der Waals surface area contributed by atoms with Gasteiger partial charge in [-0.15, -0.1) is 0 Å². The summed E-state index contributed by atoms with van der Waals surface area (Å²) in [7, 11) is 0. The number of nitrogens with one attached hydrogen (secondary N) is 2. The van der Waals surface area contributed by atoms with Crippen molar-refractivity contribution in [3.05, 3.63) is 70.6 Å². The van der Waals surface area contributed by atoms with E-state index in [1.807, 2.05) is 6.07 Å². The first-order valence-corrected chi connectivity index (χ1v) is 8.10. The maximum Gasteiger partial charge on any atom is 0.442 e. The average molecular weight is 364 g/mol. The minimum atomic E-state index is -1.06. The summed E-state index contributed by atoms with van der Waals surface area (Å²) in [6.07, 6.45) is 0. The van der Waals surface area contributed by atoms with Crippen LogP contribution in [0.25, 0.3) is 5.69 Å². The number of aromatic amines is 1. The van der Waals surface area contributed by atoms with Crippen LogP contribution in [-0.2, 0) is 4.79 Å². The Hall–Kier alpha value is -2.94. The summed E-state index contributed by atoms with van der Waals surface area (Å²) < 4.78 is 32.2. The first-order chi connectivity index (χ1) is 12.0. The van der Waals surface area contributed by atoms with Crippen LogP contribution in [0.1, 0.15) is 0 Å². The Labute approximate surface area is 144 Å². The summed E-state index contributed by atoms with van der Waals surface area (Å²) in [5, 5.41) is 5.08. The fourth-order valence-electron chi connectivity index (χ4n) is 2.04. The van der Waals surface area contributed by atoms with Gasteiger partial charge in [0.05, 0.1) is 5.75 Å². The van der Waals surface area contributed by atoms with Gasteiger partial charge in [-0.3, -0.25) is 9.32 Å². The lowest BCUT2D eigenvalue weighted by Gasteiger charge is -2.04. The lowest BCUT2D eigenvalue weighted by Crippen LogP contribution is -2.36. The van der Waals surface area contributed by atoms with Crippen molar-refractivity contribution in [1.82, 2.24) is 5.27 Å². The molecule has 25 heavy (non-hydrogen) atoms. The van der Waals surface area contributed by atoms with E-state index < -0.39 is 23.2 Å². The zero-order valence-corrected chi connectivity index (χ0v) is 13.5. The Kier molecular flexibility index (Phi) is 4.94. The minimum Gasteiger partial charge on any atom is -0.325 e. The second-order valence-corrected chi connectivity index (χ2v) is 5.89. The molecule has 2 N–H and O–H groups in total. The maximum absolute atomic E-state index is 13.1. The highest BCUT2D eigenvalue weighted by atomic mass is 32.2. The molecule has 0 bridgehead atoms. The van der Waals surface area contributed by atoms with E-state index in [1.54, 1.807) is 24.3 Å². The number of aromatic nitrogens is 2. The molecule has 3 rings (SSSR count). The van der Waals surface area contributed by atoms with Gasteiger partial charge in [0.2, 0.25) is 11.6 Å². The Bertz CT molecular complexity index is 957. The molecule has 0 atom stereocenters. The van der Waals surface area contributed by atoms with Gasteiger partial charge in [0, 0.05) is 23.9 Å². The van der Waals surface area contributed by atoms with Crippen LogP contribution in [0.15, 0.2) is 62.9 Å². The van der Waals surface area contributed by atoms with Gasteiger partial charge in [-0.05, 0) is 33.8 Å². The summed E-state index contributed by atoms with van der Waals surface area (Å²) in [5.74, 6) is -2.65. The summed E-state index contributed by atoms with van der Waals surface area (Å²) >= 11 is 0.955. The number of thioether (sulfide) groups is 1. The normalized spacial score (nSPS) is 10.6. The number of carbonyl (C=O) groups is 1. The summed E-state index contributed by atoms with van der Waals surface area (Å²) in [4.78, 5) is 23.8. The molecule has 0 aliphatic carbocycles. The fraction of sp³-hybridized carbons (Fsp3) is 0.0625. The molecule has 0 unspecified atom stereocenters.